The van der Waals surface area contributed by atoms with Crippen LogP contribution in [0.15, 0.2) is 18.5 Å². The first-order chi connectivity index (χ1) is 7.88. The van der Waals surface area contributed by atoms with Crippen LogP contribution in [0.5, 0.6) is 0 Å². The maximum absolute atomic E-state index is 12.4. The van der Waals surface area contributed by atoms with Gasteiger partial charge in [-0.05, 0) is 18.6 Å². The van der Waals surface area contributed by atoms with Gasteiger partial charge in [-0.25, -0.2) is 4.98 Å². The van der Waals surface area contributed by atoms with E-state index < -0.39 is 11.2 Å². The van der Waals surface area contributed by atoms with Gasteiger partial charge in [0.2, 0.25) is 0 Å². The molecule has 2 N–H and O–H groups in total. The Morgan fingerprint density at radius 3 is 2.47 bits per heavy atom. The molecule has 2 aromatic heterocycles. The van der Waals surface area contributed by atoms with E-state index in [-0.39, 0.29) is 0 Å². The maximum Gasteiger partial charge on any atom is 0.443 e. The zero-order chi connectivity index (χ0) is 12.6. The molecule has 0 unspecified atom stereocenters. The first kappa shape index (κ1) is 11.8. The van der Waals surface area contributed by atoms with Gasteiger partial charge in [-0.2, -0.15) is 13.2 Å². The topological polar surface area (TPSA) is 51.8 Å². The molecule has 90 valence electrons. The van der Waals surface area contributed by atoms with Crippen molar-refractivity contribution in [2.45, 2.75) is 13.1 Å². The molecule has 0 bridgehead atoms. The number of hydrogen-bond acceptors (Lipinski definition) is 4. The largest absolute Gasteiger partial charge is 0.443 e. The van der Waals surface area contributed by atoms with Crippen molar-refractivity contribution in [2.24, 2.45) is 0 Å². The number of alkyl halides is 3. The Morgan fingerprint density at radius 2 is 1.94 bits per heavy atom. The zero-order valence-electron chi connectivity index (χ0n) is 8.75. The standard InChI is InChI=1S/C10H8F3N3S/c1-5-2-6(14)3-15-8(5)7-4-16-9(17-7)10(11,12)13/h2-4H,14H2,1H3. The number of anilines is 1. The van der Waals surface area contributed by atoms with Gasteiger partial charge >= 0.3 is 6.18 Å². The summed E-state index contributed by atoms with van der Waals surface area (Å²) in [4.78, 5) is 7.76. The third kappa shape index (κ3) is 2.38. The van der Waals surface area contributed by atoms with Crippen LogP contribution in [0.25, 0.3) is 10.6 Å². The van der Waals surface area contributed by atoms with Crippen LogP contribution in [-0.2, 0) is 6.18 Å². The number of pyridine rings is 1. The number of thiazole rings is 1. The molecule has 0 amide bonds. The molecular formula is C10H8F3N3S. The molecule has 2 heterocycles. The number of aromatic nitrogens is 2. The quantitative estimate of drug-likeness (QED) is 0.856. The van der Waals surface area contributed by atoms with Crippen LogP contribution < -0.4 is 5.73 Å². The normalized spacial score (nSPS) is 11.8. The molecule has 0 aliphatic carbocycles. The van der Waals surface area contributed by atoms with Crippen LogP contribution in [0.4, 0.5) is 18.9 Å². The summed E-state index contributed by atoms with van der Waals surface area (Å²) < 4.78 is 37.2. The second kappa shape index (κ2) is 3.99. The smallest absolute Gasteiger partial charge is 0.397 e. The summed E-state index contributed by atoms with van der Waals surface area (Å²) in [5.41, 5.74) is 7.21. The van der Waals surface area contributed by atoms with E-state index in [1.807, 2.05) is 0 Å². The number of nitrogens with two attached hydrogens (primary N) is 1. The lowest BCUT2D eigenvalue weighted by molar-refractivity contribution is -0.137. The van der Waals surface area contributed by atoms with Gasteiger partial charge in [-0.3, -0.25) is 4.98 Å². The van der Waals surface area contributed by atoms with Crippen LogP contribution in [0.3, 0.4) is 0 Å². The predicted octanol–water partition coefficient (Wildman–Crippen LogP) is 3.11. The first-order valence-electron chi connectivity index (χ1n) is 4.63. The average molecular weight is 259 g/mol. The average Bonchev–Trinajstić information content (AvgIpc) is 2.65. The fraction of sp³-hybridized carbons (Fsp3) is 0.200. The molecule has 0 aliphatic rings. The summed E-state index contributed by atoms with van der Waals surface area (Å²) in [6, 6.07) is 1.66. The molecule has 0 aliphatic heterocycles. The maximum atomic E-state index is 12.4. The highest BCUT2D eigenvalue weighted by Gasteiger charge is 2.34. The van der Waals surface area contributed by atoms with Crippen LogP contribution in [0, 0.1) is 6.92 Å². The minimum absolute atomic E-state index is 0.384. The van der Waals surface area contributed by atoms with Crippen molar-refractivity contribution in [2.75, 3.05) is 5.73 Å². The minimum atomic E-state index is -4.41. The van der Waals surface area contributed by atoms with E-state index in [2.05, 4.69) is 9.97 Å². The Hall–Kier alpha value is -1.63. The highest BCUT2D eigenvalue weighted by molar-refractivity contribution is 7.15. The van der Waals surface area contributed by atoms with Crippen molar-refractivity contribution in [3.63, 3.8) is 0 Å². The highest BCUT2D eigenvalue weighted by Crippen LogP contribution is 2.36. The summed E-state index contributed by atoms with van der Waals surface area (Å²) in [6.07, 6.45) is -1.82. The van der Waals surface area contributed by atoms with Gasteiger partial charge in [0.15, 0.2) is 5.01 Å². The lowest BCUT2D eigenvalue weighted by Gasteiger charge is -2.02. The van der Waals surface area contributed by atoms with Crippen LogP contribution in [-0.4, -0.2) is 9.97 Å². The number of aryl methyl sites for hydroxylation is 1. The van der Waals surface area contributed by atoms with Crippen LogP contribution in [0.2, 0.25) is 0 Å². The molecule has 0 radical (unpaired) electrons. The predicted molar refractivity (Wildman–Crippen MR) is 59.5 cm³/mol. The molecule has 0 aromatic carbocycles. The molecular weight excluding hydrogens is 251 g/mol. The lowest BCUT2D eigenvalue weighted by Crippen LogP contribution is -2.02. The van der Waals surface area contributed by atoms with E-state index in [1.165, 1.54) is 12.4 Å². The van der Waals surface area contributed by atoms with E-state index in [0.717, 1.165) is 5.56 Å². The Bertz CT molecular complexity index is 548. The first-order valence-corrected chi connectivity index (χ1v) is 5.45. The van der Waals surface area contributed by atoms with Crippen LogP contribution >= 0.6 is 11.3 Å². The van der Waals surface area contributed by atoms with Crippen molar-refractivity contribution < 1.29 is 13.2 Å². The fourth-order valence-electron chi connectivity index (χ4n) is 1.37. The van der Waals surface area contributed by atoms with Crippen molar-refractivity contribution in [1.82, 2.24) is 9.97 Å². The fourth-order valence-corrected chi connectivity index (χ4v) is 2.21. The molecule has 0 fully saturated rings. The molecule has 17 heavy (non-hydrogen) atoms. The number of halogens is 3. The van der Waals surface area contributed by atoms with E-state index in [0.29, 0.717) is 27.6 Å². The highest BCUT2D eigenvalue weighted by atomic mass is 32.1. The summed E-state index contributed by atoms with van der Waals surface area (Å²) in [7, 11) is 0. The van der Waals surface area contributed by atoms with Crippen molar-refractivity contribution in [1.29, 1.82) is 0 Å². The number of nitrogen functional groups attached to an aromatic ring is 1. The second-order valence-electron chi connectivity index (χ2n) is 3.46. The van der Waals surface area contributed by atoms with Gasteiger partial charge in [0.25, 0.3) is 0 Å². The minimum Gasteiger partial charge on any atom is -0.397 e. The number of nitrogens with zero attached hydrogens (tertiary/aromatic N) is 2. The van der Waals surface area contributed by atoms with Gasteiger partial charge in [0, 0.05) is 6.20 Å². The van der Waals surface area contributed by atoms with Gasteiger partial charge < -0.3 is 5.73 Å². The van der Waals surface area contributed by atoms with E-state index in [4.69, 9.17) is 5.73 Å². The molecule has 0 saturated heterocycles. The van der Waals surface area contributed by atoms with E-state index in [1.54, 1.807) is 13.0 Å². The number of rotatable bonds is 1. The third-order valence-electron chi connectivity index (χ3n) is 2.08. The molecule has 7 heteroatoms. The monoisotopic (exact) mass is 259 g/mol. The Morgan fingerprint density at radius 1 is 1.24 bits per heavy atom. The molecule has 2 aromatic rings. The van der Waals surface area contributed by atoms with Crippen molar-refractivity contribution in [3.8, 4) is 10.6 Å². The Balaban J connectivity index is 2.44. The van der Waals surface area contributed by atoms with Gasteiger partial charge in [-0.1, -0.05) is 0 Å². The van der Waals surface area contributed by atoms with E-state index >= 15 is 0 Å². The Labute approximate surface area is 99.1 Å². The van der Waals surface area contributed by atoms with E-state index in [9.17, 15) is 13.2 Å². The summed E-state index contributed by atoms with van der Waals surface area (Å²) in [5, 5.41) is -0.870. The Kier molecular flexibility index (Phi) is 2.78. The van der Waals surface area contributed by atoms with Crippen molar-refractivity contribution in [3.05, 3.63) is 29.0 Å². The van der Waals surface area contributed by atoms with Crippen molar-refractivity contribution >= 4 is 17.0 Å². The third-order valence-corrected chi connectivity index (χ3v) is 3.13. The summed E-state index contributed by atoms with van der Waals surface area (Å²) in [6.45, 7) is 1.74. The van der Waals surface area contributed by atoms with Crippen LogP contribution in [0.1, 0.15) is 10.6 Å². The molecule has 0 saturated carbocycles. The van der Waals surface area contributed by atoms with Gasteiger partial charge in [0.05, 0.1) is 22.5 Å². The zero-order valence-corrected chi connectivity index (χ0v) is 9.56. The number of hydrogen-bond donors (Lipinski definition) is 1. The molecule has 2 rings (SSSR count). The van der Waals surface area contributed by atoms with Gasteiger partial charge in [-0.15, -0.1) is 11.3 Å². The van der Waals surface area contributed by atoms with Gasteiger partial charge in [0.1, 0.15) is 0 Å². The molecule has 0 atom stereocenters. The lowest BCUT2D eigenvalue weighted by atomic mass is 10.2. The SMILES string of the molecule is Cc1cc(N)cnc1-c1cnc(C(F)(F)F)s1. The molecule has 0 spiro atoms. The molecule has 3 nitrogen and oxygen atoms in total. The summed E-state index contributed by atoms with van der Waals surface area (Å²) in [5.74, 6) is 0. The second-order valence-corrected chi connectivity index (χ2v) is 4.49. The summed E-state index contributed by atoms with van der Waals surface area (Å²) >= 11 is 0.574.